The van der Waals surface area contributed by atoms with Gasteiger partial charge < -0.3 is 9.15 Å². The molecule has 1 aromatic carbocycles. The summed E-state index contributed by atoms with van der Waals surface area (Å²) in [5, 5.41) is 4.31. The molecule has 0 fully saturated rings. The van der Waals surface area contributed by atoms with Crippen LogP contribution in [-0.2, 0) is 4.79 Å². The molecule has 0 aliphatic heterocycles. The summed E-state index contributed by atoms with van der Waals surface area (Å²) in [5.74, 6) is 1.50. The topological polar surface area (TPSA) is 63.8 Å². The van der Waals surface area contributed by atoms with Crippen LogP contribution in [0, 0.1) is 6.92 Å². The lowest BCUT2D eigenvalue weighted by atomic mass is 10.3. The van der Waals surface area contributed by atoms with Gasteiger partial charge in [0.15, 0.2) is 6.61 Å². The van der Waals surface area contributed by atoms with Crippen molar-refractivity contribution in [1.29, 1.82) is 0 Å². The first-order valence-corrected chi connectivity index (χ1v) is 6.28. The Bertz CT molecular complexity index is 622. The number of carbonyl (C=O) groups excluding carboxylic acids is 1. The monoisotopic (exact) mass is 292 g/mol. The van der Waals surface area contributed by atoms with Crippen LogP contribution < -0.4 is 10.2 Å². The van der Waals surface area contributed by atoms with Gasteiger partial charge in [-0.3, -0.25) is 4.79 Å². The second-order valence-corrected chi connectivity index (χ2v) is 4.42. The number of hydrogen-bond donors (Lipinski definition) is 1. The van der Waals surface area contributed by atoms with Crippen molar-refractivity contribution in [3.8, 4) is 5.75 Å². The van der Waals surface area contributed by atoms with Gasteiger partial charge in [0, 0.05) is 5.02 Å². The second kappa shape index (κ2) is 6.77. The Labute approximate surface area is 121 Å². The maximum absolute atomic E-state index is 11.5. The van der Waals surface area contributed by atoms with E-state index in [1.54, 1.807) is 30.3 Å². The van der Waals surface area contributed by atoms with Crippen LogP contribution in [0.4, 0.5) is 0 Å². The van der Waals surface area contributed by atoms with Crippen molar-refractivity contribution >= 4 is 23.7 Å². The SMILES string of the molecule is Cc1ccc(/C=N/NC(=O)COc2cccc(Cl)c2)o1. The first-order chi connectivity index (χ1) is 9.63. The molecule has 0 atom stereocenters. The highest BCUT2D eigenvalue weighted by Crippen LogP contribution is 2.16. The lowest BCUT2D eigenvalue weighted by molar-refractivity contribution is -0.123. The van der Waals surface area contributed by atoms with Gasteiger partial charge in [0.25, 0.3) is 5.91 Å². The molecule has 0 saturated heterocycles. The fourth-order valence-corrected chi connectivity index (χ4v) is 1.61. The van der Waals surface area contributed by atoms with Crippen LogP contribution in [0.25, 0.3) is 0 Å². The number of hydrazone groups is 1. The van der Waals surface area contributed by atoms with Crippen LogP contribution in [0.2, 0.25) is 5.02 Å². The molecule has 0 saturated carbocycles. The Morgan fingerprint density at radius 2 is 2.30 bits per heavy atom. The molecule has 5 nitrogen and oxygen atoms in total. The maximum Gasteiger partial charge on any atom is 0.277 e. The molecule has 0 unspecified atom stereocenters. The molecule has 0 bridgehead atoms. The zero-order valence-corrected chi connectivity index (χ0v) is 11.6. The van der Waals surface area contributed by atoms with Gasteiger partial charge >= 0.3 is 0 Å². The lowest BCUT2D eigenvalue weighted by Gasteiger charge is -2.04. The minimum Gasteiger partial charge on any atom is -0.484 e. The van der Waals surface area contributed by atoms with E-state index in [1.807, 2.05) is 13.0 Å². The number of nitrogens with one attached hydrogen (secondary N) is 1. The van der Waals surface area contributed by atoms with Gasteiger partial charge in [-0.2, -0.15) is 5.10 Å². The molecule has 104 valence electrons. The zero-order chi connectivity index (χ0) is 14.4. The molecule has 2 rings (SSSR count). The summed E-state index contributed by atoms with van der Waals surface area (Å²) in [6.45, 7) is 1.68. The van der Waals surface area contributed by atoms with Gasteiger partial charge in [-0.15, -0.1) is 0 Å². The smallest absolute Gasteiger partial charge is 0.277 e. The molecule has 2 aromatic rings. The first kappa shape index (κ1) is 14.1. The van der Waals surface area contributed by atoms with E-state index in [-0.39, 0.29) is 12.5 Å². The van der Waals surface area contributed by atoms with Crippen molar-refractivity contribution in [3.05, 3.63) is 52.9 Å². The van der Waals surface area contributed by atoms with Crippen LogP contribution in [0.3, 0.4) is 0 Å². The van der Waals surface area contributed by atoms with Crippen molar-refractivity contribution in [2.45, 2.75) is 6.92 Å². The molecular formula is C14H13ClN2O3. The Balaban J connectivity index is 1.77. The summed E-state index contributed by atoms with van der Waals surface area (Å²) in [6, 6.07) is 10.4. The average molecular weight is 293 g/mol. The fourth-order valence-electron chi connectivity index (χ4n) is 1.43. The van der Waals surface area contributed by atoms with Crippen LogP contribution in [0.5, 0.6) is 5.75 Å². The van der Waals surface area contributed by atoms with Crippen molar-refractivity contribution in [2.75, 3.05) is 6.61 Å². The van der Waals surface area contributed by atoms with E-state index >= 15 is 0 Å². The van der Waals surface area contributed by atoms with Crippen LogP contribution in [0.15, 0.2) is 45.9 Å². The molecule has 0 aliphatic carbocycles. The third-order valence-corrected chi connectivity index (χ3v) is 2.54. The van der Waals surface area contributed by atoms with Crippen LogP contribution in [-0.4, -0.2) is 18.7 Å². The number of aryl methyl sites for hydroxylation is 1. The molecule has 1 aromatic heterocycles. The van der Waals surface area contributed by atoms with Crippen molar-refractivity contribution < 1.29 is 13.9 Å². The summed E-state index contributed by atoms with van der Waals surface area (Å²) >= 11 is 5.80. The standard InChI is InChI=1S/C14H13ClN2O3/c1-10-5-6-13(20-10)8-16-17-14(18)9-19-12-4-2-3-11(15)7-12/h2-8H,9H2,1H3,(H,17,18)/b16-8+. The highest BCUT2D eigenvalue weighted by molar-refractivity contribution is 6.30. The number of hydrogen-bond acceptors (Lipinski definition) is 4. The quantitative estimate of drug-likeness (QED) is 0.681. The number of nitrogens with zero attached hydrogens (tertiary/aromatic N) is 1. The lowest BCUT2D eigenvalue weighted by Crippen LogP contribution is -2.24. The van der Waals surface area contributed by atoms with Crippen LogP contribution in [0.1, 0.15) is 11.5 Å². The Morgan fingerprint density at radius 3 is 3.00 bits per heavy atom. The van der Waals surface area contributed by atoms with Gasteiger partial charge in [0.1, 0.15) is 17.3 Å². The van der Waals surface area contributed by atoms with E-state index in [9.17, 15) is 4.79 Å². The molecule has 0 radical (unpaired) electrons. The highest BCUT2D eigenvalue weighted by Gasteiger charge is 2.02. The van der Waals surface area contributed by atoms with Gasteiger partial charge in [-0.25, -0.2) is 5.43 Å². The maximum atomic E-state index is 11.5. The molecule has 0 spiro atoms. The molecule has 0 aliphatic rings. The van der Waals surface area contributed by atoms with Gasteiger partial charge in [-0.1, -0.05) is 17.7 Å². The molecule has 1 amide bonds. The van der Waals surface area contributed by atoms with Crippen molar-refractivity contribution in [3.63, 3.8) is 0 Å². The largest absolute Gasteiger partial charge is 0.484 e. The Hall–Kier alpha value is -2.27. The molecule has 6 heteroatoms. The summed E-state index contributed by atoms with van der Waals surface area (Å²) in [7, 11) is 0. The average Bonchev–Trinajstić information content (AvgIpc) is 2.82. The third kappa shape index (κ3) is 4.44. The predicted molar refractivity (Wildman–Crippen MR) is 76.1 cm³/mol. The highest BCUT2D eigenvalue weighted by atomic mass is 35.5. The van der Waals surface area contributed by atoms with E-state index in [4.69, 9.17) is 20.8 Å². The van der Waals surface area contributed by atoms with Gasteiger partial charge in [0.05, 0.1) is 6.21 Å². The summed E-state index contributed by atoms with van der Waals surface area (Å²) in [6.07, 6.45) is 1.42. The molecule has 20 heavy (non-hydrogen) atoms. The van der Waals surface area contributed by atoms with E-state index in [2.05, 4.69) is 10.5 Å². The summed E-state index contributed by atoms with van der Waals surface area (Å²) in [4.78, 5) is 11.5. The zero-order valence-electron chi connectivity index (χ0n) is 10.8. The minimum atomic E-state index is -0.371. The van der Waals surface area contributed by atoms with E-state index < -0.39 is 0 Å². The van der Waals surface area contributed by atoms with Crippen molar-refractivity contribution in [2.24, 2.45) is 5.10 Å². The summed E-state index contributed by atoms with van der Waals surface area (Å²) < 4.78 is 10.5. The number of ether oxygens (including phenoxy) is 1. The number of benzene rings is 1. The Morgan fingerprint density at radius 1 is 1.45 bits per heavy atom. The molecule has 1 N–H and O–H groups in total. The third-order valence-electron chi connectivity index (χ3n) is 2.31. The number of furan rings is 1. The normalized spacial score (nSPS) is 10.7. The number of amides is 1. The Kier molecular flexibility index (Phi) is 4.79. The van der Waals surface area contributed by atoms with Gasteiger partial charge in [-0.05, 0) is 37.3 Å². The molecular weight excluding hydrogens is 280 g/mol. The van der Waals surface area contributed by atoms with Gasteiger partial charge in [0.2, 0.25) is 0 Å². The number of halogens is 1. The van der Waals surface area contributed by atoms with Crippen molar-refractivity contribution in [1.82, 2.24) is 5.43 Å². The van der Waals surface area contributed by atoms with E-state index in [0.717, 1.165) is 5.76 Å². The number of carbonyl (C=O) groups is 1. The van der Waals surface area contributed by atoms with E-state index in [1.165, 1.54) is 6.21 Å². The fraction of sp³-hybridized carbons (Fsp3) is 0.143. The minimum absolute atomic E-state index is 0.144. The molecule has 1 heterocycles. The second-order valence-electron chi connectivity index (χ2n) is 3.99. The number of rotatable bonds is 5. The predicted octanol–water partition coefficient (Wildman–Crippen LogP) is 2.77. The van der Waals surface area contributed by atoms with E-state index in [0.29, 0.717) is 16.5 Å². The van der Waals surface area contributed by atoms with Crippen LogP contribution >= 0.6 is 11.6 Å². The summed E-state index contributed by atoms with van der Waals surface area (Å²) in [5.41, 5.74) is 2.34. The first-order valence-electron chi connectivity index (χ1n) is 5.90.